The fourth-order valence-corrected chi connectivity index (χ4v) is 2.85. The fraction of sp³-hybridized carbons (Fsp3) is 0.222. The Balaban J connectivity index is 1.84. The average molecular weight is 363 g/mol. The number of nitrogens with one attached hydrogen (secondary N) is 1. The largest absolute Gasteiger partial charge is 0.484 e. The molecule has 0 saturated carbocycles. The molecule has 2 aromatic rings. The summed E-state index contributed by atoms with van der Waals surface area (Å²) in [6, 6.07) is 10.9. The maximum atomic E-state index is 13.2. The number of anilines is 2. The lowest BCUT2D eigenvalue weighted by Crippen LogP contribution is -2.59. The van der Waals surface area contributed by atoms with Gasteiger partial charge >= 0.3 is 0 Å². The molecule has 0 radical (unpaired) electrons. The summed E-state index contributed by atoms with van der Waals surface area (Å²) in [5, 5.41) is 2.70. The number of nitrogens with zero attached hydrogens (tertiary/aromatic N) is 1. The van der Waals surface area contributed by atoms with Crippen LogP contribution in [0.5, 0.6) is 5.75 Å². The second-order valence-electron chi connectivity index (χ2n) is 6.12. The number of hydrogen-bond acceptors (Lipinski definition) is 3. The summed E-state index contributed by atoms with van der Waals surface area (Å²) in [6.45, 7) is 3.00. The Morgan fingerprint density at radius 1 is 1.28 bits per heavy atom. The highest BCUT2D eigenvalue weighted by Gasteiger charge is 2.43. The molecule has 25 heavy (non-hydrogen) atoms. The Hall–Kier alpha value is -2.60. The Kier molecular flexibility index (Phi) is 4.39. The smallest absolute Gasteiger partial charge is 0.265 e. The number of hydrogen-bond donors (Lipinski definition) is 1. The minimum Gasteiger partial charge on any atom is -0.484 e. The van der Waals surface area contributed by atoms with Crippen LogP contribution in [0, 0.1) is 5.82 Å². The third-order valence-corrected chi connectivity index (χ3v) is 4.30. The summed E-state index contributed by atoms with van der Waals surface area (Å²) in [5.74, 6) is -0.979. The lowest BCUT2D eigenvalue weighted by atomic mass is 9.96. The molecule has 3 rings (SSSR count). The topological polar surface area (TPSA) is 58.6 Å². The number of fused-ring (bicyclic) bond motifs is 1. The second kappa shape index (κ2) is 6.37. The van der Waals surface area contributed by atoms with E-state index >= 15 is 0 Å². The van der Waals surface area contributed by atoms with Crippen LogP contribution in [-0.2, 0) is 9.59 Å². The minimum atomic E-state index is -1.07. The Bertz CT molecular complexity index is 854. The van der Waals surface area contributed by atoms with E-state index in [1.165, 1.54) is 17.0 Å². The molecule has 0 aliphatic carbocycles. The first-order valence-electron chi connectivity index (χ1n) is 7.62. The average Bonchev–Trinajstić information content (AvgIpc) is 2.56. The minimum absolute atomic E-state index is 0.0898. The van der Waals surface area contributed by atoms with E-state index in [-0.39, 0.29) is 23.3 Å². The molecular weight excluding hydrogens is 347 g/mol. The van der Waals surface area contributed by atoms with Crippen molar-refractivity contribution < 1.29 is 18.7 Å². The summed E-state index contributed by atoms with van der Waals surface area (Å²) in [5.41, 5.74) is 0.0812. The molecule has 130 valence electrons. The van der Waals surface area contributed by atoms with E-state index < -0.39 is 17.3 Å². The van der Waals surface area contributed by atoms with Crippen LogP contribution >= 0.6 is 11.6 Å². The van der Waals surface area contributed by atoms with E-state index in [1.54, 1.807) is 38.1 Å². The first kappa shape index (κ1) is 17.2. The number of para-hydroxylation sites is 2. The van der Waals surface area contributed by atoms with Gasteiger partial charge in [0.15, 0.2) is 6.61 Å². The molecule has 2 aromatic carbocycles. The number of halogens is 2. The summed E-state index contributed by atoms with van der Waals surface area (Å²) in [6.07, 6.45) is 0. The van der Waals surface area contributed by atoms with Crippen molar-refractivity contribution in [2.24, 2.45) is 0 Å². The third kappa shape index (κ3) is 3.17. The first-order chi connectivity index (χ1) is 11.8. The first-order valence-corrected chi connectivity index (χ1v) is 8.00. The second-order valence-corrected chi connectivity index (χ2v) is 6.53. The van der Waals surface area contributed by atoms with Crippen LogP contribution in [0.1, 0.15) is 13.8 Å². The highest BCUT2D eigenvalue weighted by Crippen LogP contribution is 2.36. The lowest BCUT2D eigenvalue weighted by Gasteiger charge is -2.41. The lowest BCUT2D eigenvalue weighted by molar-refractivity contribution is -0.127. The number of benzene rings is 2. The quantitative estimate of drug-likeness (QED) is 0.907. The Labute approximate surface area is 149 Å². The van der Waals surface area contributed by atoms with E-state index in [4.69, 9.17) is 16.3 Å². The van der Waals surface area contributed by atoms with Crippen LogP contribution in [0.3, 0.4) is 0 Å². The molecule has 5 nitrogen and oxygen atoms in total. The third-order valence-electron chi connectivity index (χ3n) is 4.01. The van der Waals surface area contributed by atoms with Gasteiger partial charge in [-0.1, -0.05) is 23.7 Å². The van der Waals surface area contributed by atoms with Gasteiger partial charge in [0.1, 0.15) is 17.1 Å². The van der Waals surface area contributed by atoms with Crippen LogP contribution in [0.15, 0.2) is 42.5 Å². The van der Waals surface area contributed by atoms with Crippen LogP contribution in [0.25, 0.3) is 0 Å². The summed E-state index contributed by atoms with van der Waals surface area (Å²) in [4.78, 5) is 26.5. The molecule has 0 unspecified atom stereocenters. The van der Waals surface area contributed by atoms with Crippen molar-refractivity contribution in [2.75, 3.05) is 16.8 Å². The van der Waals surface area contributed by atoms with Crippen molar-refractivity contribution in [3.05, 3.63) is 53.3 Å². The molecule has 1 N–H and O–H groups in total. The normalized spacial score (nSPS) is 15.4. The van der Waals surface area contributed by atoms with Gasteiger partial charge in [-0.15, -0.1) is 0 Å². The van der Waals surface area contributed by atoms with Crippen molar-refractivity contribution in [1.29, 1.82) is 0 Å². The van der Waals surface area contributed by atoms with Gasteiger partial charge in [0.2, 0.25) is 5.91 Å². The highest BCUT2D eigenvalue weighted by molar-refractivity contribution is 6.30. The van der Waals surface area contributed by atoms with Crippen molar-refractivity contribution in [3.63, 3.8) is 0 Å². The van der Waals surface area contributed by atoms with Gasteiger partial charge in [-0.25, -0.2) is 4.39 Å². The predicted octanol–water partition coefficient (Wildman–Crippen LogP) is 3.62. The highest BCUT2D eigenvalue weighted by atomic mass is 35.5. The maximum Gasteiger partial charge on any atom is 0.265 e. The van der Waals surface area contributed by atoms with Crippen molar-refractivity contribution in [2.45, 2.75) is 19.4 Å². The van der Waals surface area contributed by atoms with E-state index in [0.717, 1.165) is 6.07 Å². The van der Waals surface area contributed by atoms with Gasteiger partial charge in [-0.05, 0) is 38.1 Å². The zero-order valence-corrected chi connectivity index (χ0v) is 14.4. The Morgan fingerprint density at radius 2 is 2.00 bits per heavy atom. The number of carbonyl (C=O) groups is 2. The van der Waals surface area contributed by atoms with Gasteiger partial charge < -0.3 is 10.1 Å². The van der Waals surface area contributed by atoms with E-state index in [0.29, 0.717) is 11.4 Å². The molecule has 0 fully saturated rings. The number of amides is 2. The molecule has 1 aliphatic rings. The van der Waals surface area contributed by atoms with Crippen LogP contribution in [0.2, 0.25) is 5.02 Å². The van der Waals surface area contributed by atoms with Gasteiger partial charge in [0.05, 0.1) is 16.4 Å². The monoisotopic (exact) mass is 362 g/mol. The number of ether oxygens (including phenoxy) is 1. The number of rotatable bonds is 3. The van der Waals surface area contributed by atoms with Gasteiger partial charge in [-0.3, -0.25) is 14.5 Å². The molecule has 0 aromatic heterocycles. The molecule has 7 heteroatoms. The van der Waals surface area contributed by atoms with Crippen LogP contribution < -0.4 is 15.0 Å². The predicted molar refractivity (Wildman–Crippen MR) is 93.5 cm³/mol. The van der Waals surface area contributed by atoms with Gasteiger partial charge in [-0.2, -0.15) is 0 Å². The summed E-state index contributed by atoms with van der Waals surface area (Å²) in [7, 11) is 0. The molecular formula is C18H16ClFN2O3. The van der Waals surface area contributed by atoms with E-state index in [2.05, 4.69) is 5.32 Å². The molecule has 0 atom stereocenters. The van der Waals surface area contributed by atoms with Crippen LogP contribution in [0.4, 0.5) is 15.8 Å². The molecule has 1 aliphatic heterocycles. The van der Waals surface area contributed by atoms with Gasteiger partial charge in [0, 0.05) is 6.07 Å². The maximum absolute atomic E-state index is 13.2. The molecule has 1 heterocycles. The van der Waals surface area contributed by atoms with Crippen molar-refractivity contribution in [3.8, 4) is 5.75 Å². The zero-order valence-electron chi connectivity index (χ0n) is 13.7. The molecule has 2 amide bonds. The fourth-order valence-electron chi connectivity index (χ4n) is 2.67. The summed E-state index contributed by atoms with van der Waals surface area (Å²) < 4.78 is 18.6. The van der Waals surface area contributed by atoms with Crippen molar-refractivity contribution in [1.82, 2.24) is 0 Å². The standard InChI is InChI=1S/C18H16ClFN2O3/c1-18(2)17(24)21-14-5-3-4-6-15(14)22(18)16(23)10-25-11-7-8-13(20)12(19)9-11/h3-9H,10H2,1-2H3,(H,21,24). The number of carbonyl (C=O) groups excluding carboxylic acids is 2. The van der Waals surface area contributed by atoms with Gasteiger partial charge in [0.25, 0.3) is 5.91 Å². The van der Waals surface area contributed by atoms with E-state index in [1.807, 2.05) is 0 Å². The summed E-state index contributed by atoms with van der Waals surface area (Å²) >= 11 is 5.71. The van der Waals surface area contributed by atoms with Crippen LogP contribution in [-0.4, -0.2) is 24.0 Å². The Morgan fingerprint density at radius 3 is 2.72 bits per heavy atom. The molecule has 0 bridgehead atoms. The van der Waals surface area contributed by atoms with Crippen molar-refractivity contribution >= 4 is 34.8 Å². The molecule has 0 spiro atoms. The zero-order chi connectivity index (χ0) is 18.2. The molecule has 0 saturated heterocycles. The van der Waals surface area contributed by atoms with E-state index in [9.17, 15) is 14.0 Å². The SMILES string of the molecule is CC1(C)C(=O)Nc2ccccc2N1C(=O)COc1ccc(F)c(Cl)c1.